The molecule has 0 amide bonds. The van der Waals surface area contributed by atoms with Gasteiger partial charge < -0.3 is 9.30 Å². The molecule has 0 aliphatic rings. The smallest absolute Gasteiger partial charge is 0.313 e. The number of carbonyl (C=O) groups excluding carboxylic acids is 1. The summed E-state index contributed by atoms with van der Waals surface area (Å²) in [6.07, 6.45) is 2.27. The third kappa shape index (κ3) is 3.45. The normalized spacial score (nSPS) is 12.6. The number of carbonyl (C=O) groups is 1. The summed E-state index contributed by atoms with van der Waals surface area (Å²) >= 11 is 3.34. The molecule has 0 saturated carbocycles. The molecule has 1 aromatic rings. The zero-order chi connectivity index (χ0) is 13.9. The quantitative estimate of drug-likeness (QED) is 0.802. The highest BCUT2D eigenvalue weighted by Crippen LogP contribution is 2.24. The Kier molecular flexibility index (Phi) is 5.14. The van der Waals surface area contributed by atoms with Crippen LogP contribution >= 0.6 is 15.9 Å². The molecular formula is C13H18BrNO3. The Morgan fingerprint density at radius 3 is 2.61 bits per heavy atom. The molecule has 1 aromatic heterocycles. The van der Waals surface area contributed by atoms with E-state index in [1.54, 1.807) is 19.3 Å². The topological polar surface area (TPSA) is 48.3 Å². The standard InChI is InChI=1S/C13H18BrNO3/c1-8(2)5-11(13(17)18-4)10-6-9(14)7-15(3)12(10)16/h6-8,11H,5H2,1-4H3/t11-/m0/s1. The summed E-state index contributed by atoms with van der Waals surface area (Å²) in [6.45, 7) is 4.02. The van der Waals surface area contributed by atoms with Crippen molar-refractivity contribution >= 4 is 21.9 Å². The molecule has 0 fully saturated rings. The lowest BCUT2D eigenvalue weighted by Gasteiger charge is -2.17. The molecule has 0 unspecified atom stereocenters. The number of aryl methyl sites for hydroxylation is 1. The first-order valence-corrected chi connectivity index (χ1v) is 6.60. The number of rotatable bonds is 4. The minimum absolute atomic E-state index is 0.158. The molecule has 1 heterocycles. The minimum atomic E-state index is -0.508. The Morgan fingerprint density at radius 2 is 2.11 bits per heavy atom. The fraction of sp³-hybridized carbons (Fsp3) is 0.538. The van der Waals surface area contributed by atoms with Crippen LogP contribution in [0.2, 0.25) is 0 Å². The van der Waals surface area contributed by atoms with Gasteiger partial charge in [-0.15, -0.1) is 0 Å². The first-order valence-electron chi connectivity index (χ1n) is 5.80. The predicted octanol–water partition coefficient (Wildman–Crippen LogP) is 2.45. The van der Waals surface area contributed by atoms with E-state index in [-0.39, 0.29) is 11.5 Å². The number of pyridine rings is 1. The molecule has 18 heavy (non-hydrogen) atoms. The number of ether oxygens (including phenoxy) is 1. The van der Waals surface area contributed by atoms with Crippen molar-refractivity contribution in [1.29, 1.82) is 0 Å². The lowest BCUT2D eigenvalue weighted by Crippen LogP contribution is -2.27. The second-order valence-corrected chi connectivity index (χ2v) is 5.65. The number of hydrogen-bond donors (Lipinski definition) is 0. The molecule has 100 valence electrons. The van der Waals surface area contributed by atoms with Gasteiger partial charge in [0.2, 0.25) is 0 Å². The highest BCUT2D eigenvalue weighted by atomic mass is 79.9. The number of hydrogen-bond acceptors (Lipinski definition) is 3. The van der Waals surface area contributed by atoms with Crippen LogP contribution in [0.3, 0.4) is 0 Å². The first-order chi connectivity index (χ1) is 8.36. The van der Waals surface area contributed by atoms with Gasteiger partial charge in [-0.1, -0.05) is 13.8 Å². The van der Waals surface area contributed by atoms with E-state index in [1.165, 1.54) is 11.7 Å². The van der Waals surface area contributed by atoms with Crippen molar-refractivity contribution in [2.24, 2.45) is 13.0 Å². The van der Waals surface area contributed by atoms with Crippen LogP contribution in [0.1, 0.15) is 31.7 Å². The van der Waals surface area contributed by atoms with Gasteiger partial charge in [0.15, 0.2) is 0 Å². The van der Waals surface area contributed by atoms with Crippen molar-refractivity contribution < 1.29 is 9.53 Å². The molecule has 0 saturated heterocycles. The fourth-order valence-corrected chi connectivity index (χ4v) is 2.46. The van der Waals surface area contributed by atoms with Gasteiger partial charge in [-0.25, -0.2) is 0 Å². The fourth-order valence-electron chi connectivity index (χ4n) is 1.91. The van der Waals surface area contributed by atoms with E-state index in [2.05, 4.69) is 15.9 Å². The molecule has 0 bridgehead atoms. The molecule has 0 radical (unpaired) electrons. The lowest BCUT2D eigenvalue weighted by molar-refractivity contribution is -0.142. The summed E-state index contributed by atoms with van der Waals surface area (Å²) in [7, 11) is 3.01. The summed E-state index contributed by atoms with van der Waals surface area (Å²) in [5, 5.41) is 0. The molecule has 0 aliphatic carbocycles. The van der Waals surface area contributed by atoms with Crippen LogP contribution in [0.4, 0.5) is 0 Å². The van der Waals surface area contributed by atoms with Crippen molar-refractivity contribution in [3.63, 3.8) is 0 Å². The Bertz CT molecular complexity index is 493. The summed E-state index contributed by atoms with van der Waals surface area (Å²) in [5.74, 6) is -0.567. The zero-order valence-corrected chi connectivity index (χ0v) is 12.7. The molecule has 0 aliphatic heterocycles. The summed E-state index contributed by atoms with van der Waals surface area (Å²) in [6, 6.07) is 1.70. The SMILES string of the molecule is COC(=O)[C@@H](CC(C)C)c1cc(Br)cn(C)c1=O. The average Bonchev–Trinajstić information content (AvgIpc) is 2.29. The van der Waals surface area contributed by atoms with Gasteiger partial charge in [0.05, 0.1) is 13.0 Å². The highest BCUT2D eigenvalue weighted by molar-refractivity contribution is 9.10. The van der Waals surface area contributed by atoms with Crippen LogP contribution in [-0.4, -0.2) is 17.6 Å². The molecule has 5 heteroatoms. The second kappa shape index (κ2) is 6.18. The van der Waals surface area contributed by atoms with E-state index in [0.717, 1.165) is 4.47 Å². The Hall–Kier alpha value is -1.10. The maximum absolute atomic E-state index is 12.1. The lowest BCUT2D eigenvalue weighted by atomic mass is 9.91. The zero-order valence-electron chi connectivity index (χ0n) is 11.1. The summed E-state index contributed by atoms with van der Waals surface area (Å²) in [4.78, 5) is 23.9. The van der Waals surface area contributed by atoms with Crippen LogP contribution in [0.25, 0.3) is 0 Å². The van der Waals surface area contributed by atoms with E-state index in [4.69, 9.17) is 4.74 Å². The van der Waals surface area contributed by atoms with E-state index < -0.39 is 5.92 Å². The number of nitrogens with zero attached hydrogens (tertiary/aromatic N) is 1. The van der Waals surface area contributed by atoms with Gasteiger partial charge in [0.1, 0.15) is 0 Å². The van der Waals surface area contributed by atoms with Crippen molar-refractivity contribution in [2.75, 3.05) is 7.11 Å². The number of aromatic nitrogens is 1. The van der Waals surface area contributed by atoms with Crippen LogP contribution in [0, 0.1) is 5.92 Å². The third-order valence-electron chi connectivity index (χ3n) is 2.75. The molecule has 0 spiro atoms. The van der Waals surface area contributed by atoms with Gasteiger partial charge in [-0.2, -0.15) is 0 Å². The molecule has 1 atom stereocenters. The van der Waals surface area contributed by atoms with Gasteiger partial charge in [-0.3, -0.25) is 9.59 Å². The van der Waals surface area contributed by atoms with Crippen LogP contribution in [-0.2, 0) is 16.6 Å². The second-order valence-electron chi connectivity index (χ2n) is 4.74. The monoisotopic (exact) mass is 315 g/mol. The Balaban J connectivity index is 3.28. The minimum Gasteiger partial charge on any atom is -0.469 e. The van der Waals surface area contributed by atoms with Gasteiger partial charge in [-0.05, 0) is 34.3 Å². The van der Waals surface area contributed by atoms with E-state index in [0.29, 0.717) is 17.9 Å². The average molecular weight is 316 g/mol. The molecule has 0 N–H and O–H groups in total. The molecular weight excluding hydrogens is 298 g/mol. The van der Waals surface area contributed by atoms with Crippen molar-refractivity contribution in [3.8, 4) is 0 Å². The van der Waals surface area contributed by atoms with E-state index in [9.17, 15) is 9.59 Å². The molecule has 4 nitrogen and oxygen atoms in total. The van der Waals surface area contributed by atoms with E-state index in [1.807, 2.05) is 13.8 Å². The number of esters is 1. The Morgan fingerprint density at radius 1 is 1.50 bits per heavy atom. The number of halogens is 1. The predicted molar refractivity (Wildman–Crippen MR) is 73.6 cm³/mol. The molecule has 0 aromatic carbocycles. The van der Waals surface area contributed by atoms with Gasteiger partial charge >= 0.3 is 5.97 Å². The largest absolute Gasteiger partial charge is 0.469 e. The van der Waals surface area contributed by atoms with E-state index >= 15 is 0 Å². The summed E-state index contributed by atoms with van der Waals surface area (Å²) < 4.78 is 7.04. The maximum Gasteiger partial charge on any atom is 0.313 e. The van der Waals surface area contributed by atoms with Crippen LogP contribution in [0.5, 0.6) is 0 Å². The van der Waals surface area contributed by atoms with Crippen LogP contribution < -0.4 is 5.56 Å². The third-order valence-corrected chi connectivity index (χ3v) is 3.18. The Labute approximate surface area is 115 Å². The van der Waals surface area contributed by atoms with Crippen molar-refractivity contribution in [1.82, 2.24) is 4.57 Å². The van der Waals surface area contributed by atoms with Crippen molar-refractivity contribution in [2.45, 2.75) is 26.2 Å². The van der Waals surface area contributed by atoms with Crippen LogP contribution in [0.15, 0.2) is 21.5 Å². The number of methoxy groups -OCH3 is 1. The maximum atomic E-state index is 12.1. The first kappa shape index (κ1) is 15.0. The highest BCUT2D eigenvalue weighted by Gasteiger charge is 2.26. The summed E-state index contributed by atoms with van der Waals surface area (Å²) in [5.41, 5.74) is 0.321. The van der Waals surface area contributed by atoms with Gasteiger partial charge in [0, 0.05) is 23.3 Å². The van der Waals surface area contributed by atoms with Gasteiger partial charge in [0.25, 0.3) is 5.56 Å². The van der Waals surface area contributed by atoms with Crippen molar-refractivity contribution in [3.05, 3.63) is 32.7 Å². The molecule has 1 rings (SSSR count).